The van der Waals surface area contributed by atoms with Gasteiger partial charge < -0.3 is 19.1 Å². The Kier molecular flexibility index (Phi) is 10.3. The van der Waals surface area contributed by atoms with Crippen LogP contribution in [0.15, 0.2) is 99.6 Å². The molecule has 1 unspecified atom stereocenters. The molecule has 1 atom stereocenters. The van der Waals surface area contributed by atoms with Crippen LogP contribution >= 0.6 is 31.0 Å². The first-order valence-corrected chi connectivity index (χ1v) is 15.9. The van der Waals surface area contributed by atoms with Crippen LogP contribution in [0.5, 0.6) is 5.75 Å². The van der Waals surface area contributed by atoms with Gasteiger partial charge in [0.2, 0.25) is 0 Å². The number of benzene rings is 3. The third-order valence-corrected chi connectivity index (χ3v) is 9.72. The monoisotopic (exact) mass is 613 g/mol. The lowest BCUT2D eigenvalue weighted by molar-refractivity contribution is 0.137. The molecule has 0 fully saturated rings. The quantitative estimate of drug-likeness (QED) is 0.160. The van der Waals surface area contributed by atoms with Crippen LogP contribution in [0.25, 0.3) is 5.69 Å². The molecule has 4 rings (SSSR count). The fourth-order valence-electron chi connectivity index (χ4n) is 4.10. The molecule has 41 heavy (non-hydrogen) atoms. The molecule has 0 aliphatic carbocycles. The van der Waals surface area contributed by atoms with Gasteiger partial charge in [-0.05, 0) is 70.2 Å². The molecule has 0 aliphatic heterocycles. The summed E-state index contributed by atoms with van der Waals surface area (Å²) in [5.41, 5.74) is 1.58. The van der Waals surface area contributed by atoms with Crippen molar-refractivity contribution in [1.82, 2.24) is 9.78 Å². The largest absolute Gasteiger partial charge is 0.496 e. The standard InChI is InChI=1S/C30H33ClN3O5PS/c1-20(2)38-40(36,39-21(3)4)29(25-13-9-10-14-26(25)37-5)33-22-15-17-24(18-16-22)41-27-19-32-34(30(35)28(27)31)23-11-7-6-8-12-23/h6-21,29,33H,1-5H3. The van der Waals surface area contributed by atoms with Crippen LogP contribution in [0.4, 0.5) is 5.69 Å². The van der Waals surface area contributed by atoms with Crippen molar-refractivity contribution in [1.29, 1.82) is 0 Å². The highest BCUT2D eigenvalue weighted by atomic mass is 35.5. The number of aromatic nitrogens is 2. The van der Waals surface area contributed by atoms with Crippen molar-refractivity contribution in [2.45, 2.75) is 55.5 Å². The number of halogens is 1. The highest BCUT2D eigenvalue weighted by Crippen LogP contribution is 2.63. The summed E-state index contributed by atoms with van der Waals surface area (Å²) in [6.07, 6.45) is 0.898. The van der Waals surface area contributed by atoms with Gasteiger partial charge >= 0.3 is 7.60 Å². The molecule has 1 aromatic heterocycles. The normalized spacial score (nSPS) is 12.5. The van der Waals surface area contributed by atoms with Crippen LogP contribution in [-0.4, -0.2) is 29.1 Å². The second kappa shape index (κ2) is 13.7. The molecule has 0 saturated heterocycles. The van der Waals surface area contributed by atoms with E-state index < -0.39 is 18.9 Å². The fraction of sp³-hybridized carbons (Fsp3) is 0.267. The first kappa shape index (κ1) is 30.9. The molecule has 0 radical (unpaired) electrons. The molecule has 0 aliphatic rings. The van der Waals surface area contributed by atoms with E-state index in [1.807, 2.05) is 94.4 Å². The summed E-state index contributed by atoms with van der Waals surface area (Å²) in [5, 5.41) is 7.75. The lowest BCUT2D eigenvalue weighted by atomic mass is 10.2. The van der Waals surface area contributed by atoms with Crippen molar-refractivity contribution in [3.63, 3.8) is 0 Å². The summed E-state index contributed by atoms with van der Waals surface area (Å²) in [7, 11) is -2.17. The van der Waals surface area contributed by atoms with Crippen LogP contribution in [0.3, 0.4) is 0 Å². The van der Waals surface area contributed by atoms with E-state index in [-0.39, 0.29) is 17.2 Å². The van der Waals surface area contributed by atoms with Crippen LogP contribution in [0.1, 0.15) is 39.0 Å². The Morgan fingerprint density at radius 3 is 2.12 bits per heavy atom. The first-order valence-electron chi connectivity index (χ1n) is 13.1. The minimum absolute atomic E-state index is 0.0879. The maximum Gasteiger partial charge on any atom is 0.357 e. The maximum atomic E-state index is 14.3. The summed E-state index contributed by atoms with van der Waals surface area (Å²) < 4.78 is 33.1. The zero-order valence-electron chi connectivity index (χ0n) is 23.5. The molecule has 0 bridgehead atoms. The molecule has 1 heterocycles. The van der Waals surface area contributed by atoms with Gasteiger partial charge in [-0.15, -0.1) is 0 Å². The Hall–Kier alpha value is -3.07. The van der Waals surface area contributed by atoms with Gasteiger partial charge in [0.05, 0.1) is 36.1 Å². The minimum Gasteiger partial charge on any atom is -0.496 e. The second-order valence-corrected chi connectivity index (χ2v) is 13.1. The predicted molar refractivity (Wildman–Crippen MR) is 165 cm³/mol. The molecule has 216 valence electrons. The van der Waals surface area contributed by atoms with E-state index in [1.165, 1.54) is 16.4 Å². The van der Waals surface area contributed by atoms with Gasteiger partial charge in [0.15, 0.2) is 5.78 Å². The average Bonchev–Trinajstić information content (AvgIpc) is 2.94. The van der Waals surface area contributed by atoms with Gasteiger partial charge in [-0.3, -0.25) is 9.36 Å². The van der Waals surface area contributed by atoms with Crippen LogP contribution < -0.4 is 15.6 Å². The van der Waals surface area contributed by atoms with E-state index >= 15 is 0 Å². The average molecular weight is 614 g/mol. The van der Waals surface area contributed by atoms with Gasteiger partial charge in [-0.2, -0.15) is 9.78 Å². The lowest BCUT2D eigenvalue weighted by Gasteiger charge is -2.32. The molecule has 1 N–H and O–H groups in total. The molecule has 0 saturated carbocycles. The molecule has 11 heteroatoms. The zero-order valence-corrected chi connectivity index (χ0v) is 26.0. The number of ether oxygens (including phenoxy) is 1. The number of nitrogens with one attached hydrogen (secondary N) is 1. The van der Waals surface area contributed by atoms with Crippen molar-refractivity contribution < 1.29 is 18.3 Å². The second-order valence-electron chi connectivity index (χ2n) is 9.64. The van der Waals surface area contributed by atoms with Crippen molar-refractivity contribution in [2.24, 2.45) is 0 Å². The summed E-state index contributed by atoms with van der Waals surface area (Å²) >= 11 is 7.78. The van der Waals surface area contributed by atoms with Crippen molar-refractivity contribution in [2.75, 3.05) is 12.4 Å². The van der Waals surface area contributed by atoms with Gasteiger partial charge in [0, 0.05) is 16.1 Å². The van der Waals surface area contributed by atoms with Gasteiger partial charge in [-0.1, -0.05) is 59.8 Å². The molecule has 0 amide bonds. The number of methoxy groups -OCH3 is 1. The summed E-state index contributed by atoms with van der Waals surface area (Å²) in [6.45, 7) is 7.28. The smallest absolute Gasteiger partial charge is 0.357 e. The molecule has 0 spiro atoms. The topological polar surface area (TPSA) is 91.7 Å². The SMILES string of the molecule is COc1ccccc1C(Nc1ccc(Sc2cnn(-c3ccccc3)c(=O)c2Cl)cc1)P(=O)(OC(C)C)OC(C)C. The molecule has 8 nitrogen and oxygen atoms in total. The molecule has 3 aromatic carbocycles. The number of anilines is 1. The van der Waals surface area contributed by atoms with Crippen molar-refractivity contribution in [3.8, 4) is 11.4 Å². The third-order valence-electron chi connectivity index (χ3n) is 5.74. The Balaban J connectivity index is 1.62. The molecular formula is C30H33ClN3O5PS. The van der Waals surface area contributed by atoms with Gasteiger partial charge in [-0.25, -0.2) is 0 Å². The van der Waals surface area contributed by atoms with Crippen LogP contribution in [-0.2, 0) is 13.6 Å². The number of hydrogen-bond acceptors (Lipinski definition) is 8. The van der Waals surface area contributed by atoms with E-state index in [2.05, 4.69) is 10.4 Å². The first-order chi connectivity index (χ1) is 19.6. The highest BCUT2D eigenvalue weighted by Gasteiger charge is 2.41. The Labute approximate surface area is 249 Å². The molecule has 4 aromatic rings. The third kappa shape index (κ3) is 7.61. The number of para-hydroxylation sites is 2. The Bertz CT molecular complexity index is 1550. The molecular weight excluding hydrogens is 581 g/mol. The highest BCUT2D eigenvalue weighted by molar-refractivity contribution is 7.99. The summed E-state index contributed by atoms with van der Waals surface area (Å²) in [6, 6.07) is 23.9. The number of nitrogens with zero attached hydrogens (tertiary/aromatic N) is 2. The van der Waals surface area contributed by atoms with Crippen LogP contribution in [0.2, 0.25) is 5.02 Å². The van der Waals surface area contributed by atoms with E-state index in [0.29, 0.717) is 27.6 Å². The Morgan fingerprint density at radius 1 is 0.902 bits per heavy atom. The minimum atomic E-state index is -3.74. The van der Waals surface area contributed by atoms with E-state index in [4.69, 9.17) is 25.4 Å². The fourth-order valence-corrected chi connectivity index (χ4v) is 7.48. The predicted octanol–water partition coefficient (Wildman–Crippen LogP) is 8.20. The van der Waals surface area contributed by atoms with Crippen molar-refractivity contribution in [3.05, 3.63) is 106 Å². The van der Waals surface area contributed by atoms with Crippen LogP contribution in [0, 0.1) is 0 Å². The zero-order chi connectivity index (χ0) is 29.6. The number of hydrogen-bond donors (Lipinski definition) is 1. The summed E-state index contributed by atoms with van der Waals surface area (Å²) in [4.78, 5) is 14.3. The lowest BCUT2D eigenvalue weighted by Crippen LogP contribution is -2.21. The Morgan fingerprint density at radius 2 is 1.51 bits per heavy atom. The number of rotatable bonds is 12. The maximum absolute atomic E-state index is 14.3. The summed E-state index contributed by atoms with van der Waals surface area (Å²) in [5.74, 6) is -0.282. The van der Waals surface area contributed by atoms with E-state index in [1.54, 1.807) is 25.4 Å². The van der Waals surface area contributed by atoms with Gasteiger partial charge in [0.1, 0.15) is 10.8 Å². The van der Waals surface area contributed by atoms with Crippen molar-refractivity contribution >= 4 is 36.6 Å². The van der Waals surface area contributed by atoms with Gasteiger partial charge in [0.25, 0.3) is 5.56 Å². The van der Waals surface area contributed by atoms with E-state index in [9.17, 15) is 9.36 Å². The van der Waals surface area contributed by atoms with E-state index in [0.717, 1.165) is 4.90 Å².